The first-order chi connectivity index (χ1) is 14.0. The van der Waals surface area contributed by atoms with E-state index in [4.69, 9.17) is 11.6 Å². The van der Waals surface area contributed by atoms with Crippen LogP contribution in [0, 0.1) is 6.92 Å². The van der Waals surface area contributed by atoms with Gasteiger partial charge in [-0.15, -0.1) is 0 Å². The van der Waals surface area contributed by atoms with Crippen LogP contribution < -0.4 is 4.90 Å². The molecule has 1 aliphatic rings. The molecule has 3 rings (SSSR count). The minimum Gasteiger partial charge on any atom is -0.389 e. The number of halogens is 5. The number of hydrogen-bond acceptors (Lipinski definition) is 4. The molecule has 1 atom stereocenters. The second-order valence-electron chi connectivity index (χ2n) is 7.15. The predicted octanol–water partition coefficient (Wildman–Crippen LogP) is 4.03. The van der Waals surface area contributed by atoms with Gasteiger partial charge in [0.2, 0.25) is 5.91 Å². The van der Waals surface area contributed by atoms with Crippen molar-refractivity contribution in [1.29, 1.82) is 0 Å². The summed E-state index contributed by atoms with van der Waals surface area (Å²) in [6.07, 6.45) is -5.32. The molecule has 0 aliphatic carbocycles. The van der Waals surface area contributed by atoms with Crippen molar-refractivity contribution in [1.82, 2.24) is 14.7 Å². The van der Waals surface area contributed by atoms with Crippen LogP contribution in [0.3, 0.4) is 0 Å². The van der Waals surface area contributed by atoms with Crippen molar-refractivity contribution in [3.8, 4) is 0 Å². The maximum atomic E-state index is 13.3. The molecule has 1 aromatic heterocycles. The van der Waals surface area contributed by atoms with E-state index in [1.54, 1.807) is 6.92 Å². The zero-order chi connectivity index (χ0) is 22.2. The number of nitrogens with zero attached hydrogens (tertiary/aromatic N) is 4. The van der Waals surface area contributed by atoms with Crippen molar-refractivity contribution < 1.29 is 23.1 Å². The van der Waals surface area contributed by atoms with Gasteiger partial charge in [-0.1, -0.05) is 27.5 Å². The number of amides is 1. The van der Waals surface area contributed by atoms with Gasteiger partial charge in [0, 0.05) is 36.3 Å². The highest BCUT2D eigenvalue weighted by Crippen LogP contribution is 2.36. The Morgan fingerprint density at radius 1 is 1.30 bits per heavy atom. The fraction of sp³-hybridized carbons (Fsp3) is 0.474. The highest BCUT2D eigenvalue weighted by atomic mass is 79.9. The van der Waals surface area contributed by atoms with Crippen LogP contribution in [0.25, 0.3) is 0 Å². The van der Waals surface area contributed by atoms with Crippen LogP contribution >= 0.6 is 27.5 Å². The molecule has 30 heavy (non-hydrogen) atoms. The molecule has 1 saturated heterocycles. The van der Waals surface area contributed by atoms with Crippen molar-refractivity contribution >= 4 is 39.1 Å². The number of aryl methyl sites for hydroxylation is 1. The van der Waals surface area contributed by atoms with E-state index in [2.05, 4.69) is 25.9 Å². The zero-order valence-corrected chi connectivity index (χ0v) is 18.7. The van der Waals surface area contributed by atoms with E-state index in [0.29, 0.717) is 30.9 Å². The fourth-order valence-corrected chi connectivity index (χ4v) is 4.26. The lowest BCUT2D eigenvalue weighted by atomic mass is 10.1. The summed E-state index contributed by atoms with van der Waals surface area (Å²) in [6.45, 7) is 4.32. The molecule has 1 aliphatic heterocycles. The van der Waals surface area contributed by atoms with E-state index >= 15 is 0 Å². The molecule has 0 radical (unpaired) electrons. The van der Waals surface area contributed by atoms with E-state index in [1.807, 2.05) is 18.2 Å². The third-order valence-corrected chi connectivity index (χ3v) is 6.21. The molecule has 2 aromatic rings. The Morgan fingerprint density at radius 2 is 1.93 bits per heavy atom. The van der Waals surface area contributed by atoms with Crippen LogP contribution in [0.4, 0.5) is 18.9 Å². The average Bonchev–Trinajstić information content (AvgIpc) is 2.95. The van der Waals surface area contributed by atoms with Gasteiger partial charge < -0.3 is 14.9 Å². The van der Waals surface area contributed by atoms with Crippen LogP contribution in [-0.2, 0) is 17.5 Å². The predicted molar refractivity (Wildman–Crippen MR) is 111 cm³/mol. The Morgan fingerprint density at radius 3 is 2.50 bits per heavy atom. The first-order valence-electron chi connectivity index (χ1n) is 9.29. The monoisotopic (exact) mass is 508 g/mol. The summed E-state index contributed by atoms with van der Waals surface area (Å²) in [6, 6.07) is 5.66. The quantitative estimate of drug-likeness (QED) is 0.676. The molecular weight excluding hydrogens is 489 g/mol. The summed E-state index contributed by atoms with van der Waals surface area (Å²) in [4.78, 5) is 16.2. The van der Waals surface area contributed by atoms with Crippen LogP contribution in [0.5, 0.6) is 0 Å². The first kappa shape index (κ1) is 22.9. The van der Waals surface area contributed by atoms with Gasteiger partial charge >= 0.3 is 6.18 Å². The second kappa shape index (κ2) is 8.76. The number of alkyl halides is 3. The van der Waals surface area contributed by atoms with Crippen LogP contribution in [-0.4, -0.2) is 51.9 Å². The highest BCUT2D eigenvalue weighted by molar-refractivity contribution is 9.10. The van der Waals surface area contributed by atoms with Crippen molar-refractivity contribution in [3.63, 3.8) is 0 Å². The maximum absolute atomic E-state index is 13.3. The topological polar surface area (TPSA) is 61.6 Å². The molecule has 0 bridgehead atoms. The average molecular weight is 510 g/mol. The number of carbonyl (C=O) groups is 1. The Hall–Kier alpha value is -1.78. The molecule has 1 unspecified atom stereocenters. The number of aliphatic hydroxyl groups excluding tert-OH is 1. The van der Waals surface area contributed by atoms with E-state index in [0.717, 1.165) is 15.7 Å². The van der Waals surface area contributed by atoms with Gasteiger partial charge in [-0.3, -0.25) is 4.79 Å². The molecule has 1 aromatic carbocycles. The smallest absolute Gasteiger partial charge is 0.389 e. The standard InChI is InChI=1S/C19H21BrClF3N4O2/c1-11-17(21)18(19(22,23)24)28(25-11)10-16(30)27-7-5-26(6-8-27)13-3-4-15(20)14(9-13)12(2)29/h3-4,9,12,29H,5-8,10H2,1-2H3. The van der Waals surface area contributed by atoms with E-state index < -0.39 is 35.4 Å². The summed E-state index contributed by atoms with van der Waals surface area (Å²) in [7, 11) is 0. The van der Waals surface area contributed by atoms with Crippen LogP contribution in [0.2, 0.25) is 5.02 Å². The lowest BCUT2D eigenvalue weighted by Gasteiger charge is -2.36. The molecule has 6 nitrogen and oxygen atoms in total. The summed E-state index contributed by atoms with van der Waals surface area (Å²) in [5.74, 6) is -0.445. The van der Waals surface area contributed by atoms with Crippen molar-refractivity contribution in [2.75, 3.05) is 31.1 Å². The first-order valence-corrected chi connectivity index (χ1v) is 10.5. The minimum atomic E-state index is -4.69. The maximum Gasteiger partial charge on any atom is 0.434 e. The summed E-state index contributed by atoms with van der Waals surface area (Å²) < 4.78 is 41.3. The number of hydrogen-bond donors (Lipinski definition) is 1. The second-order valence-corrected chi connectivity index (χ2v) is 8.39. The SMILES string of the molecule is Cc1nn(CC(=O)N2CCN(c3ccc(Br)c(C(C)O)c3)CC2)c(C(F)(F)F)c1Cl. The van der Waals surface area contributed by atoms with Gasteiger partial charge in [0.25, 0.3) is 0 Å². The third-order valence-electron chi connectivity index (χ3n) is 5.04. The summed E-state index contributed by atoms with van der Waals surface area (Å²) >= 11 is 9.16. The van der Waals surface area contributed by atoms with Gasteiger partial charge in [0.05, 0.1) is 16.8 Å². The molecular formula is C19H21BrClF3N4O2. The van der Waals surface area contributed by atoms with E-state index in [9.17, 15) is 23.1 Å². The number of anilines is 1. The van der Waals surface area contributed by atoms with Gasteiger partial charge in [-0.05, 0) is 37.6 Å². The van der Waals surface area contributed by atoms with Gasteiger partial charge in [0.1, 0.15) is 6.54 Å². The van der Waals surface area contributed by atoms with Crippen LogP contribution in [0.15, 0.2) is 22.7 Å². The fourth-order valence-electron chi connectivity index (χ4n) is 3.43. The molecule has 11 heteroatoms. The van der Waals surface area contributed by atoms with Gasteiger partial charge in [-0.2, -0.15) is 18.3 Å². The molecule has 0 saturated carbocycles. The molecule has 2 heterocycles. The van der Waals surface area contributed by atoms with Crippen molar-refractivity contribution in [2.45, 2.75) is 32.7 Å². The molecule has 1 amide bonds. The van der Waals surface area contributed by atoms with Gasteiger partial charge in [-0.25, -0.2) is 4.68 Å². The Kier molecular flexibility index (Phi) is 6.69. The number of rotatable bonds is 4. The Labute approximate surface area is 185 Å². The van der Waals surface area contributed by atoms with Crippen molar-refractivity contribution in [2.24, 2.45) is 0 Å². The van der Waals surface area contributed by atoms with E-state index in [1.165, 1.54) is 11.8 Å². The molecule has 164 valence electrons. The molecule has 0 spiro atoms. The van der Waals surface area contributed by atoms with E-state index in [-0.39, 0.29) is 5.69 Å². The number of piperazine rings is 1. The zero-order valence-electron chi connectivity index (χ0n) is 16.4. The lowest BCUT2D eigenvalue weighted by molar-refractivity contribution is -0.145. The largest absolute Gasteiger partial charge is 0.434 e. The number of aromatic nitrogens is 2. The highest BCUT2D eigenvalue weighted by Gasteiger charge is 2.39. The normalized spacial score (nSPS) is 16.1. The molecule has 1 fully saturated rings. The summed E-state index contributed by atoms with van der Waals surface area (Å²) in [5, 5.41) is 13.2. The third kappa shape index (κ3) is 4.76. The van der Waals surface area contributed by atoms with Crippen molar-refractivity contribution in [3.05, 3.63) is 44.6 Å². The minimum absolute atomic E-state index is 0.0331. The van der Waals surface area contributed by atoms with Crippen LogP contribution in [0.1, 0.15) is 30.0 Å². The van der Waals surface area contributed by atoms with Gasteiger partial charge in [0.15, 0.2) is 5.69 Å². The number of aliphatic hydroxyl groups is 1. The number of carbonyl (C=O) groups excluding carboxylic acids is 1. The Bertz CT molecular complexity index is 941. The summed E-state index contributed by atoms with van der Waals surface area (Å²) in [5.41, 5.74) is 0.603. The lowest BCUT2D eigenvalue weighted by Crippen LogP contribution is -2.49. The molecule has 1 N–H and O–H groups in total. The Balaban J connectivity index is 1.67. The number of benzene rings is 1.